The van der Waals surface area contributed by atoms with Crippen molar-refractivity contribution in [2.45, 2.75) is 0 Å². The fourth-order valence-electron chi connectivity index (χ4n) is 0.308. The lowest BCUT2D eigenvalue weighted by molar-refractivity contribution is -0.782. The molecule has 9 heteroatoms. The van der Waals surface area contributed by atoms with Crippen molar-refractivity contribution in [2.24, 2.45) is 0 Å². The number of nitrogen functional groups attached to an aromatic ring is 1. The van der Waals surface area contributed by atoms with Crippen LogP contribution < -0.4 is 15.4 Å². The van der Waals surface area contributed by atoms with E-state index in [9.17, 15) is 14.6 Å². The van der Waals surface area contributed by atoms with Crippen molar-refractivity contribution in [3.05, 3.63) is 16.7 Å². The van der Waals surface area contributed by atoms with Gasteiger partial charge in [0.25, 0.3) is 0 Å². The molecule has 8 nitrogen and oxygen atoms in total. The lowest BCUT2D eigenvalue weighted by Crippen LogP contribution is -2.50. The summed E-state index contributed by atoms with van der Waals surface area (Å²) < 4.78 is 9.56. The SMILES string of the molecule is CS(C)=O.Nc1[n+]([O-])ncn[n+]1[O-]. The Morgan fingerprint density at radius 2 is 1.69 bits per heavy atom. The van der Waals surface area contributed by atoms with Crippen LogP contribution in [0.15, 0.2) is 6.33 Å². The third-order valence-corrected chi connectivity index (χ3v) is 0.705. The molecule has 0 aromatic carbocycles. The summed E-state index contributed by atoms with van der Waals surface area (Å²) in [5, 5.41) is 26.6. The molecule has 2 N–H and O–H groups in total. The summed E-state index contributed by atoms with van der Waals surface area (Å²) in [4.78, 5) is -0.0278. The smallest absolute Gasteiger partial charge is 0.581 e. The average Bonchev–Trinajstić information content (AvgIpc) is 1.99. The highest BCUT2D eigenvalue weighted by molar-refractivity contribution is 7.83. The number of rotatable bonds is 0. The van der Waals surface area contributed by atoms with Gasteiger partial charge in [-0.1, -0.05) is 0 Å². The van der Waals surface area contributed by atoms with Crippen molar-refractivity contribution in [3.8, 4) is 0 Å². The topological polar surface area (TPSA) is 123 Å². The van der Waals surface area contributed by atoms with E-state index < -0.39 is 16.7 Å². The molecule has 13 heavy (non-hydrogen) atoms. The summed E-state index contributed by atoms with van der Waals surface area (Å²) in [5.41, 5.74) is 4.86. The molecule has 74 valence electrons. The normalized spacial score (nSPS) is 9.15. The summed E-state index contributed by atoms with van der Waals surface area (Å²) in [6.07, 6.45) is 4.09. The van der Waals surface area contributed by atoms with Crippen molar-refractivity contribution in [1.82, 2.24) is 10.2 Å². The monoisotopic (exact) mass is 207 g/mol. The van der Waals surface area contributed by atoms with Gasteiger partial charge < -0.3 is 10.4 Å². The highest BCUT2D eigenvalue weighted by Crippen LogP contribution is 1.68. The van der Waals surface area contributed by atoms with Gasteiger partial charge in [0.05, 0.1) is 0 Å². The maximum absolute atomic E-state index is 10.3. The largest absolute Gasteiger partial charge is 0.654 e. The number of nitrogens with zero attached hydrogens (tertiary/aromatic N) is 4. The van der Waals surface area contributed by atoms with Gasteiger partial charge in [0.15, 0.2) is 0 Å². The Balaban J connectivity index is 0.000000310. The molecule has 1 rings (SSSR count). The van der Waals surface area contributed by atoms with Gasteiger partial charge in [-0.05, 0) is 19.9 Å². The molecule has 0 amide bonds. The molecular formula is C4H9N5O3S. The molecule has 1 aromatic heterocycles. The third kappa shape index (κ3) is 4.85. The lowest BCUT2D eigenvalue weighted by atomic mass is 11.1. The van der Waals surface area contributed by atoms with Crippen LogP contribution >= 0.6 is 0 Å². The Morgan fingerprint density at radius 1 is 1.38 bits per heavy atom. The van der Waals surface area contributed by atoms with E-state index in [1.54, 1.807) is 12.5 Å². The first-order valence-corrected chi connectivity index (χ1v) is 4.97. The molecule has 0 aliphatic heterocycles. The van der Waals surface area contributed by atoms with Gasteiger partial charge in [0.2, 0.25) is 6.33 Å². The minimum atomic E-state index is -0.611. The lowest BCUT2D eigenvalue weighted by Gasteiger charge is -1.97. The van der Waals surface area contributed by atoms with E-state index >= 15 is 0 Å². The molecule has 0 bridgehead atoms. The maximum atomic E-state index is 10.3. The molecule has 0 saturated heterocycles. The molecule has 0 radical (unpaired) electrons. The van der Waals surface area contributed by atoms with E-state index in [2.05, 4.69) is 10.2 Å². The predicted octanol–water partition coefficient (Wildman–Crippen LogP) is -2.68. The van der Waals surface area contributed by atoms with Gasteiger partial charge in [-0.15, -0.1) is 0 Å². The zero-order valence-corrected chi connectivity index (χ0v) is 7.89. The number of aromatic nitrogens is 4. The van der Waals surface area contributed by atoms with Crippen molar-refractivity contribution in [2.75, 3.05) is 18.2 Å². The van der Waals surface area contributed by atoms with Crippen LogP contribution in [-0.2, 0) is 10.8 Å². The summed E-state index contributed by atoms with van der Waals surface area (Å²) >= 11 is 0. The molecule has 1 aromatic rings. The van der Waals surface area contributed by atoms with Crippen molar-refractivity contribution in [1.29, 1.82) is 0 Å². The van der Waals surface area contributed by atoms with Crippen molar-refractivity contribution < 1.29 is 13.9 Å². The molecule has 0 aliphatic rings. The number of anilines is 1. The first-order valence-electron chi connectivity index (χ1n) is 3.00. The van der Waals surface area contributed by atoms with Gasteiger partial charge >= 0.3 is 5.95 Å². The third-order valence-electron chi connectivity index (χ3n) is 0.705. The molecule has 0 aliphatic carbocycles. The quantitative estimate of drug-likeness (QED) is 0.365. The van der Waals surface area contributed by atoms with Gasteiger partial charge in [-0.3, -0.25) is 4.21 Å². The number of hydrogen-bond donors (Lipinski definition) is 1. The Labute approximate surface area is 76.6 Å². The van der Waals surface area contributed by atoms with Crippen LogP contribution in [0.25, 0.3) is 0 Å². The van der Waals surface area contributed by atoms with Gasteiger partial charge in [-0.25, -0.2) is 5.73 Å². The Kier molecular flexibility index (Phi) is 4.59. The van der Waals surface area contributed by atoms with Crippen LogP contribution in [0.3, 0.4) is 0 Å². The van der Waals surface area contributed by atoms with Crippen LogP contribution in [0.2, 0.25) is 0 Å². The van der Waals surface area contributed by atoms with Crippen LogP contribution in [0.5, 0.6) is 0 Å². The first-order chi connectivity index (χ1) is 5.95. The van der Waals surface area contributed by atoms with Gasteiger partial charge in [0.1, 0.15) is 0 Å². The zero-order chi connectivity index (χ0) is 10.4. The Bertz CT molecular complexity index is 282. The van der Waals surface area contributed by atoms with Gasteiger partial charge in [-0.2, -0.15) is 0 Å². The molecule has 0 spiro atoms. The zero-order valence-electron chi connectivity index (χ0n) is 7.08. The molecule has 0 fully saturated rings. The van der Waals surface area contributed by atoms with E-state index in [1.165, 1.54) is 0 Å². The van der Waals surface area contributed by atoms with Crippen LogP contribution in [0.4, 0.5) is 5.95 Å². The van der Waals surface area contributed by atoms with Crippen LogP contribution in [0.1, 0.15) is 0 Å². The number of nitrogens with two attached hydrogens (primary N) is 1. The van der Waals surface area contributed by atoms with Crippen molar-refractivity contribution >= 4 is 16.7 Å². The summed E-state index contributed by atoms with van der Waals surface area (Å²) in [5.74, 6) is -0.586. The fraction of sp³-hybridized carbons (Fsp3) is 0.500. The second kappa shape index (κ2) is 5.19. The molecule has 1 heterocycles. The standard InChI is InChI=1S/C2H3N5O2.C2H6OS/c3-2-6(8)4-1-5-7(2)9;1-4(2)3/h1H,3H2;1-2H3. The summed E-state index contributed by atoms with van der Waals surface area (Å²) in [7, 11) is -0.611. The Hall–Kier alpha value is -1.51. The molecule has 0 unspecified atom stereocenters. The van der Waals surface area contributed by atoms with Crippen molar-refractivity contribution in [3.63, 3.8) is 0 Å². The minimum absolute atomic E-state index is 0.0139. The van der Waals surface area contributed by atoms with E-state index in [1.807, 2.05) is 0 Å². The molecular weight excluding hydrogens is 198 g/mol. The number of hydrogen-bond acceptors (Lipinski definition) is 6. The second-order valence-electron chi connectivity index (χ2n) is 1.99. The van der Waals surface area contributed by atoms with Crippen LogP contribution in [0, 0.1) is 10.4 Å². The molecule has 0 atom stereocenters. The highest BCUT2D eigenvalue weighted by Gasteiger charge is 2.08. The minimum Gasteiger partial charge on any atom is -0.654 e. The van der Waals surface area contributed by atoms with E-state index in [0.29, 0.717) is 0 Å². The van der Waals surface area contributed by atoms with E-state index in [4.69, 9.17) is 5.73 Å². The Morgan fingerprint density at radius 3 is 1.92 bits per heavy atom. The second-order valence-corrected chi connectivity index (χ2v) is 3.48. The average molecular weight is 207 g/mol. The maximum Gasteiger partial charge on any atom is 0.581 e. The summed E-state index contributed by atoms with van der Waals surface area (Å²) in [6.45, 7) is 0. The fourth-order valence-corrected chi connectivity index (χ4v) is 0.308. The summed E-state index contributed by atoms with van der Waals surface area (Å²) in [6, 6.07) is 0. The molecule has 0 saturated carbocycles. The van der Waals surface area contributed by atoms with Gasteiger partial charge in [0, 0.05) is 23.3 Å². The predicted molar refractivity (Wildman–Crippen MR) is 44.4 cm³/mol. The highest BCUT2D eigenvalue weighted by atomic mass is 32.2. The first kappa shape index (κ1) is 11.5. The van der Waals surface area contributed by atoms with E-state index in [0.717, 1.165) is 6.33 Å². The van der Waals surface area contributed by atoms with Crippen LogP contribution in [-0.4, -0.2) is 26.9 Å². The van der Waals surface area contributed by atoms with E-state index in [-0.39, 0.29) is 9.69 Å².